The van der Waals surface area contributed by atoms with Gasteiger partial charge in [0.15, 0.2) is 5.58 Å². The van der Waals surface area contributed by atoms with E-state index in [0.29, 0.717) is 30.0 Å². The Balaban J connectivity index is 1.52. The first-order valence-corrected chi connectivity index (χ1v) is 9.38. The summed E-state index contributed by atoms with van der Waals surface area (Å²) in [4.78, 5) is 28.0. The van der Waals surface area contributed by atoms with Crippen molar-refractivity contribution in [3.63, 3.8) is 0 Å². The molecule has 1 aliphatic rings. The molecule has 142 valence electrons. The van der Waals surface area contributed by atoms with Gasteiger partial charge in [0.25, 0.3) is 5.56 Å². The van der Waals surface area contributed by atoms with E-state index in [1.165, 1.54) is 10.2 Å². The fourth-order valence-electron chi connectivity index (χ4n) is 4.11. The van der Waals surface area contributed by atoms with Gasteiger partial charge in [-0.15, -0.1) is 0 Å². The highest BCUT2D eigenvalue weighted by Gasteiger charge is 2.28. The molecule has 1 aromatic carbocycles. The maximum atomic E-state index is 13.1. The largest absolute Gasteiger partial charge is 0.463 e. The summed E-state index contributed by atoms with van der Waals surface area (Å²) in [5.74, 6) is 0.540. The van der Waals surface area contributed by atoms with Crippen molar-refractivity contribution >= 4 is 22.5 Å². The number of carbonyl (C=O) groups is 1. The van der Waals surface area contributed by atoms with Gasteiger partial charge in [0.1, 0.15) is 17.4 Å². The molecule has 1 amide bonds. The van der Waals surface area contributed by atoms with Crippen LogP contribution in [0.15, 0.2) is 51.9 Å². The Morgan fingerprint density at radius 3 is 2.79 bits per heavy atom. The first-order chi connectivity index (χ1) is 13.5. The molecular formula is C21H20N4O3. The fourth-order valence-corrected chi connectivity index (χ4v) is 4.11. The van der Waals surface area contributed by atoms with Crippen LogP contribution in [0.4, 0.5) is 0 Å². The van der Waals surface area contributed by atoms with Gasteiger partial charge in [0, 0.05) is 25.2 Å². The average Bonchev–Trinajstić information content (AvgIpc) is 3.30. The first kappa shape index (κ1) is 16.8. The van der Waals surface area contributed by atoms with Gasteiger partial charge < -0.3 is 9.32 Å². The molecule has 0 bridgehead atoms. The van der Waals surface area contributed by atoms with E-state index in [2.05, 4.69) is 17.2 Å². The molecule has 4 heterocycles. The number of hydrogen-bond acceptors (Lipinski definition) is 4. The van der Waals surface area contributed by atoms with Gasteiger partial charge in [0.05, 0.1) is 11.8 Å². The molecule has 0 spiro atoms. The summed E-state index contributed by atoms with van der Waals surface area (Å²) in [5.41, 5.74) is 4.04. The maximum Gasteiger partial charge on any atom is 0.291 e. The Hall–Kier alpha value is -3.35. The average molecular weight is 376 g/mol. The Bertz CT molecular complexity index is 1280. The zero-order chi connectivity index (χ0) is 19.4. The highest BCUT2D eigenvalue weighted by Crippen LogP contribution is 2.23. The van der Waals surface area contributed by atoms with Gasteiger partial charge >= 0.3 is 0 Å². The second-order valence-electron chi connectivity index (χ2n) is 7.29. The maximum absolute atomic E-state index is 13.1. The van der Waals surface area contributed by atoms with Gasteiger partial charge in [-0.25, -0.2) is 4.68 Å². The number of benzene rings is 1. The monoisotopic (exact) mass is 376 g/mol. The van der Waals surface area contributed by atoms with Crippen molar-refractivity contribution in [3.8, 4) is 0 Å². The van der Waals surface area contributed by atoms with E-state index in [1.807, 2.05) is 24.0 Å². The van der Waals surface area contributed by atoms with Gasteiger partial charge in [-0.2, -0.15) is 5.10 Å². The quantitative estimate of drug-likeness (QED) is 0.539. The van der Waals surface area contributed by atoms with Crippen LogP contribution in [0.2, 0.25) is 0 Å². The Morgan fingerprint density at radius 2 is 1.96 bits per heavy atom. The minimum atomic E-state index is -0.678. The molecule has 7 heteroatoms. The van der Waals surface area contributed by atoms with E-state index >= 15 is 0 Å². The van der Waals surface area contributed by atoms with Crippen LogP contribution in [-0.4, -0.2) is 31.5 Å². The molecular weight excluding hydrogens is 356 g/mol. The Kier molecular flexibility index (Phi) is 3.65. The van der Waals surface area contributed by atoms with Crippen molar-refractivity contribution in [1.29, 1.82) is 0 Å². The summed E-state index contributed by atoms with van der Waals surface area (Å²) in [6, 6.07) is 11.0. The minimum absolute atomic E-state index is 0.0944. The number of fused-ring (bicyclic) bond motifs is 4. The standard InChI is InChI=1S/C21H20N4O3/c1-13(20(26)23-9-7-15-5-3-4-6-16(15)12-23)25-21(27)18-11-19-17(8-10-28-19)24(18)14(2)22-25/h3-6,8,10-11,13H,7,9,12H2,1-2H3/t13-/m1/s1. The summed E-state index contributed by atoms with van der Waals surface area (Å²) in [7, 11) is 0. The normalized spacial score (nSPS) is 15.1. The first-order valence-electron chi connectivity index (χ1n) is 9.38. The molecule has 28 heavy (non-hydrogen) atoms. The summed E-state index contributed by atoms with van der Waals surface area (Å²) in [6.45, 7) is 4.77. The number of furan rings is 1. The molecule has 0 radical (unpaired) electrons. The summed E-state index contributed by atoms with van der Waals surface area (Å²) in [5, 5.41) is 4.44. The molecule has 1 aliphatic heterocycles. The smallest absolute Gasteiger partial charge is 0.291 e. The van der Waals surface area contributed by atoms with Gasteiger partial charge in [-0.3, -0.25) is 14.0 Å². The third-order valence-electron chi connectivity index (χ3n) is 5.59. The molecule has 5 rings (SSSR count). The number of hydrogen-bond donors (Lipinski definition) is 0. The lowest BCUT2D eigenvalue weighted by Crippen LogP contribution is -2.43. The van der Waals surface area contributed by atoms with Crippen LogP contribution in [0, 0.1) is 6.92 Å². The molecule has 0 saturated heterocycles. The number of aryl methyl sites for hydroxylation is 1. The predicted molar refractivity (Wildman–Crippen MR) is 104 cm³/mol. The number of rotatable bonds is 2. The number of carbonyl (C=O) groups excluding carboxylic acids is 1. The molecule has 0 saturated carbocycles. The lowest BCUT2D eigenvalue weighted by atomic mass is 9.99. The summed E-state index contributed by atoms with van der Waals surface area (Å²) in [6.07, 6.45) is 2.41. The van der Waals surface area contributed by atoms with E-state index in [-0.39, 0.29) is 11.5 Å². The molecule has 0 N–H and O–H groups in total. The van der Waals surface area contributed by atoms with E-state index < -0.39 is 6.04 Å². The van der Waals surface area contributed by atoms with Gasteiger partial charge in [0.2, 0.25) is 5.91 Å². The minimum Gasteiger partial charge on any atom is -0.463 e. The van der Waals surface area contributed by atoms with Crippen LogP contribution in [0.1, 0.15) is 29.9 Å². The van der Waals surface area contributed by atoms with Crippen LogP contribution in [0.3, 0.4) is 0 Å². The zero-order valence-corrected chi connectivity index (χ0v) is 15.8. The lowest BCUT2D eigenvalue weighted by Gasteiger charge is -2.31. The third-order valence-corrected chi connectivity index (χ3v) is 5.59. The topological polar surface area (TPSA) is 72.8 Å². The fraction of sp³-hybridized carbons (Fsp3) is 0.286. The highest BCUT2D eigenvalue weighted by molar-refractivity contribution is 5.83. The molecule has 3 aromatic heterocycles. The van der Waals surface area contributed by atoms with Crippen LogP contribution in [0.25, 0.3) is 16.6 Å². The van der Waals surface area contributed by atoms with Crippen molar-refractivity contribution in [2.24, 2.45) is 0 Å². The summed E-state index contributed by atoms with van der Waals surface area (Å²) >= 11 is 0. The third kappa shape index (κ3) is 2.39. The number of amides is 1. The van der Waals surface area contributed by atoms with E-state index in [1.54, 1.807) is 29.7 Å². The predicted octanol–water partition coefficient (Wildman–Crippen LogP) is 2.70. The number of aromatic nitrogens is 3. The lowest BCUT2D eigenvalue weighted by molar-refractivity contribution is -0.135. The van der Waals surface area contributed by atoms with Crippen molar-refractivity contribution < 1.29 is 9.21 Å². The number of nitrogens with zero attached hydrogens (tertiary/aromatic N) is 4. The van der Waals surface area contributed by atoms with Crippen LogP contribution in [-0.2, 0) is 17.8 Å². The SMILES string of the molecule is Cc1nn([C@H](C)C(=O)N2CCc3ccccc3C2)c(=O)c2cc3occc3n12. The molecule has 0 unspecified atom stereocenters. The van der Waals surface area contributed by atoms with Crippen molar-refractivity contribution in [2.75, 3.05) is 6.54 Å². The van der Waals surface area contributed by atoms with Gasteiger partial charge in [-0.05, 0) is 31.4 Å². The second-order valence-corrected chi connectivity index (χ2v) is 7.29. The Morgan fingerprint density at radius 1 is 1.18 bits per heavy atom. The van der Waals surface area contributed by atoms with Crippen molar-refractivity contribution in [1.82, 2.24) is 19.1 Å². The molecule has 7 nitrogen and oxygen atoms in total. The van der Waals surface area contributed by atoms with E-state index in [4.69, 9.17) is 4.42 Å². The molecule has 4 aromatic rings. The summed E-state index contributed by atoms with van der Waals surface area (Å²) < 4.78 is 8.49. The molecule has 0 fully saturated rings. The van der Waals surface area contributed by atoms with Crippen molar-refractivity contribution in [3.05, 3.63) is 70.0 Å². The molecule has 1 atom stereocenters. The van der Waals surface area contributed by atoms with Crippen LogP contribution >= 0.6 is 0 Å². The van der Waals surface area contributed by atoms with Crippen molar-refractivity contribution in [2.45, 2.75) is 32.9 Å². The Labute approximate surface area is 160 Å². The van der Waals surface area contributed by atoms with Gasteiger partial charge in [-0.1, -0.05) is 24.3 Å². The highest BCUT2D eigenvalue weighted by atomic mass is 16.3. The second kappa shape index (κ2) is 6.09. The van der Waals surface area contributed by atoms with E-state index in [0.717, 1.165) is 17.5 Å². The van der Waals surface area contributed by atoms with Crippen LogP contribution in [0.5, 0.6) is 0 Å². The van der Waals surface area contributed by atoms with E-state index in [9.17, 15) is 9.59 Å². The zero-order valence-electron chi connectivity index (χ0n) is 15.8. The van der Waals surface area contributed by atoms with Crippen LogP contribution < -0.4 is 5.56 Å². The molecule has 0 aliphatic carbocycles.